The van der Waals surface area contributed by atoms with Crippen LogP contribution in [0.15, 0.2) is 28.8 Å². The Bertz CT molecular complexity index is 800. The van der Waals surface area contributed by atoms with Gasteiger partial charge in [-0.25, -0.2) is 0 Å². The zero-order valence-corrected chi connectivity index (χ0v) is 16.1. The van der Waals surface area contributed by atoms with E-state index in [0.717, 1.165) is 5.56 Å². The van der Waals surface area contributed by atoms with Gasteiger partial charge in [-0.05, 0) is 31.2 Å². The molecule has 1 aromatic heterocycles. The Labute approximate surface area is 162 Å². The minimum Gasteiger partial charge on any atom is -0.345 e. The molecule has 1 aromatic carbocycles. The summed E-state index contributed by atoms with van der Waals surface area (Å²) in [7, 11) is 0. The highest BCUT2D eigenvalue weighted by molar-refractivity contribution is 6.30. The van der Waals surface area contributed by atoms with Crippen molar-refractivity contribution in [3.63, 3.8) is 0 Å². The van der Waals surface area contributed by atoms with Gasteiger partial charge in [0.2, 0.25) is 23.5 Å². The van der Waals surface area contributed by atoms with E-state index in [-0.39, 0.29) is 11.8 Å². The van der Waals surface area contributed by atoms with E-state index in [1.807, 2.05) is 12.1 Å². The predicted octanol–water partition coefficient (Wildman–Crippen LogP) is 1.56. The number of benzene rings is 1. The van der Waals surface area contributed by atoms with Crippen LogP contribution >= 0.6 is 11.6 Å². The standard InChI is InChI=1S/C18H22ClN5O3/c1-12(20-13(2)25)18(26)24-9-7-23(8-10-24)11-16-21-17(22-27-16)14-3-5-15(19)6-4-14/h3-6,12H,7-11H2,1-2H3,(H,20,25). The zero-order chi connectivity index (χ0) is 19.4. The van der Waals surface area contributed by atoms with Crippen LogP contribution < -0.4 is 5.32 Å². The van der Waals surface area contributed by atoms with Gasteiger partial charge in [0.25, 0.3) is 0 Å². The summed E-state index contributed by atoms with van der Waals surface area (Å²) in [5.74, 6) is 0.793. The Kier molecular flexibility index (Phi) is 6.08. The summed E-state index contributed by atoms with van der Waals surface area (Å²) in [5.41, 5.74) is 0.844. The van der Waals surface area contributed by atoms with Gasteiger partial charge in [-0.1, -0.05) is 16.8 Å². The van der Waals surface area contributed by atoms with E-state index in [4.69, 9.17) is 16.1 Å². The van der Waals surface area contributed by atoms with Crippen molar-refractivity contribution in [2.45, 2.75) is 26.4 Å². The van der Waals surface area contributed by atoms with Crippen molar-refractivity contribution >= 4 is 23.4 Å². The second-order valence-corrected chi connectivity index (χ2v) is 6.98. The quantitative estimate of drug-likeness (QED) is 0.831. The van der Waals surface area contributed by atoms with E-state index in [2.05, 4.69) is 20.4 Å². The van der Waals surface area contributed by atoms with Crippen LogP contribution in [0.4, 0.5) is 0 Å². The molecule has 0 aliphatic carbocycles. The van der Waals surface area contributed by atoms with Gasteiger partial charge < -0.3 is 14.7 Å². The summed E-state index contributed by atoms with van der Waals surface area (Å²) in [6, 6.07) is 6.75. The Balaban J connectivity index is 1.52. The number of amides is 2. The molecule has 1 aliphatic heterocycles. The fourth-order valence-corrected chi connectivity index (χ4v) is 3.12. The number of hydrogen-bond acceptors (Lipinski definition) is 6. The van der Waals surface area contributed by atoms with Gasteiger partial charge in [0.05, 0.1) is 6.54 Å². The fourth-order valence-electron chi connectivity index (χ4n) is 2.99. The SMILES string of the molecule is CC(=O)NC(C)C(=O)N1CCN(Cc2nc(-c3ccc(Cl)cc3)no2)CC1. The molecule has 3 rings (SSSR count). The highest BCUT2D eigenvalue weighted by atomic mass is 35.5. The lowest BCUT2D eigenvalue weighted by Gasteiger charge is -2.35. The molecule has 8 nitrogen and oxygen atoms in total. The van der Waals surface area contributed by atoms with Crippen molar-refractivity contribution < 1.29 is 14.1 Å². The van der Waals surface area contributed by atoms with E-state index < -0.39 is 6.04 Å². The third kappa shape index (κ3) is 5.05. The number of hydrogen-bond donors (Lipinski definition) is 1. The lowest BCUT2D eigenvalue weighted by molar-refractivity contribution is -0.137. The summed E-state index contributed by atoms with van der Waals surface area (Å²) in [6.07, 6.45) is 0. The Morgan fingerprint density at radius 1 is 1.22 bits per heavy atom. The number of rotatable bonds is 5. The van der Waals surface area contributed by atoms with Crippen molar-refractivity contribution in [2.24, 2.45) is 0 Å². The van der Waals surface area contributed by atoms with Crippen molar-refractivity contribution in [3.8, 4) is 11.4 Å². The third-order valence-corrected chi connectivity index (χ3v) is 4.66. The maximum Gasteiger partial charge on any atom is 0.244 e. The minimum atomic E-state index is -0.507. The summed E-state index contributed by atoms with van der Waals surface area (Å²) >= 11 is 5.89. The number of carbonyl (C=O) groups excluding carboxylic acids is 2. The molecular weight excluding hydrogens is 370 g/mol. The Hall–Kier alpha value is -2.45. The molecule has 2 aromatic rings. The van der Waals surface area contributed by atoms with Crippen molar-refractivity contribution in [1.82, 2.24) is 25.3 Å². The molecule has 9 heteroatoms. The fraction of sp³-hybridized carbons (Fsp3) is 0.444. The Morgan fingerprint density at radius 3 is 2.52 bits per heavy atom. The smallest absolute Gasteiger partial charge is 0.244 e. The van der Waals surface area contributed by atoms with Gasteiger partial charge >= 0.3 is 0 Å². The first-order valence-electron chi connectivity index (χ1n) is 8.79. The normalized spacial score (nSPS) is 16.2. The van der Waals surface area contributed by atoms with E-state index in [1.54, 1.807) is 24.0 Å². The van der Waals surface area contributed by atoms with Crippen LogP contribution in [-0.2, 0) is 16.1 Å². The molecule has 1 unspecified atom stereocenters. The first-order valence-corrected chi connectivity index (χ1v) is 9.17. The van der Waals surface area contributed by atoms with Crippen LogP contribution in [0.1, 0.15) is 19.7 Å². The van der Waals surface area contributed by atoms with Gasteiger partial charge in [0, 0.05) is 43.7 Å². The van der Waals surface area contributed by atoms with Crippen LogP contribution in [0.2, 0.25) is 5.02 Å². The van der Waals surface area contributed by atoms with E-state index in [1.165, 1.54) is 6.92 Å². The van der Waals surface area contributed by atoms with Gasteiger partial charge in [0.1, 0.15) is 6.04 Å². The maximum atomic E-state index is 12.3. The van der Waals surface area contributed by atoms with Crippen LogP contribution in [0.5, 0.6) is 0 Å². The molecule has 0 saturated carbocycles. The predicted molar refractivity (Wildman–Crippen MR) is 99.9 cm³/mol. The number of nitrogens with zero attached hydrogens (tertiary/aromatic N) is 4. The van der Waals surface area contributed by atoms with E-state index >= 15 is 0 Å². The molecule has 1 atom stereocenters. The third-order valence-electron chi connectivity index (χ3n) is 4.40. The second kappa shape index (κ2) is 8.49. The molecule has 1 saturated heterocycles. The van der Waals surface area contributed by atoms with Crippen LogP contribution in [0.3, 0.4) is 0 Å². The first kappa shape index (κ1) is 19.3. The van der Waals surface area contributed by atoms with Crippen LogP contribution in [0, 0.1) is 0 Å². The molecule has 0 bridgehead atoms. The molecule has 1 fully saturated rings. The van der Waals surface area contributed by atoms with Gasteiger partial charge in [-0.15, -0.1) is 0 Å². The van der Waals surface area contributed by atoms with Gasteiger partial charge in [-0.2, -0.15) is 4.98 Å². The lowest BCUT2D eigenvalue weighted by atomic mass is 10.2. The number of carbonyl (C=O) groups is 2. The highest BCUT2D eigenvalue weighted by Gasteiger charge is 2.26. The van der Waals surface area contributed by atoms with E-state index in [9.17, 15) is 9.59 Å². The molecule has 0 radical (unpaired) electrons. The average Bonchev–Trinajstić information content (AvgIpc) is 3.10. The van der Waals surface area contributed by atoms with Gasteiger partial charge in [0.15, 0.2) is 0 Å². The largest absolute Gasteiger partial charge is 0.345 e. The number of piperazine rings is 1. The van der Waals surface area contributed by atoms with E-state index in [0.29, 0.717) is 49.5 Å². The van der Waals surface area contributed by atoms with Crippen molar-refractivity contribution in [1.29, 1.82) is 0 Å². The summed E-state index contributed by atoms with van der Waals surface area (Å²) < 4.78 is 5.34. The maximum absolute atomic E-state index is 12.3. The van der Waals surface area contributed by atoms with Crippen LogP contribution in [-0.4, -0.2) is 64.0 Å². The van der Waals surface area contributed by atoms with Crippen molar-refractivity contribution in [2.75, 3.05) is 26.2 Å². The van der Waals surface area contributed by atoms with Gasteiger partial charge in [-0.3, -0.25) is 14.5 Å². The average molecular weight is 392 g/mol. The topological polar surface area (TPSA) is 91.6 Å². The highest BCUT2D eigenvalue weighted by Crippen LogP contribution is 2.19. The summed E-state index contributed by atoms with van der Waals surface area (Å²) in [5, 5.41) is 7.30. The number of nitrogens with one attached hydrogen (secondary N) is 1. The zero-order valence-electron chi connectivity index (χ0n) is 15.3. The molecular formula is C18H22ClN5O3. The monoisotopic (exact) mass is 391 g/mol. The van der Waals surface area contributed by atoms with Crippen molar-refractivity contribution in [3.05, 3.63) is 35.2 Å². The molecule has 1 aliphatic rings. The molecule has 2 heterocycles. The van der Waals surface area contributed by atoms with Crippen LogP contribution in [0.25, 0.3) is 11.4 Å². The Morgan fingerprint density at radius 2 is 1.89 bits per heavy atom. The number of halogens is 1. The molecule has 2 amide bonds. The molecule has 0 spiro atoms. The first-order chi connectivity index (χ1) is 12.9. The summed E-state index contributed by atoms with van der Waals surface area (Å²) in [6.45, 7) is 6.25. The minimum absolute atomic E-state index is 0.0623. The second-order valence-electron chi connectivity index (χ2n) is 6.54. The number of aromatic nitrogens is 2. The summed E-state index contributed by atoms with van der Waals surface area (Å²) in [4.78, 5) is 31.8. The molecule has 27 heavy (non-hydrogen) atoms. The molecule has 144 valence electrons. The lowest BCUT2D eigenvalue weighted by Crippen LogP contribution is -2.53. The molecule has 1 N–H and O–H groups in total.